The topological polar surface area (TPSA) is 72.2 Å². The number of carboxylic acid groups (broad SMARTS) is 1. The van der Waals surface area contributed by atoms with E-state index in [0.717, 1.165) is 46.2 Å². The van der Waals surface area contributed by atoms with Crippen molar-refractivity contribution in [1.29, 1.82) is 0 Å². The molecule has 0 saturated carbocycles. The van der Waals surface area contributed by atoms with Gasteiger partial charge in [0.25, 0.3) is 5.56 Å². The van der Waals surface area contributed by atoms with Crippen molar-refractivity contribution in [2.24, 2.45) is 0 Å². The molecule has 134 valence electrons. The zero-order chi connectivity index (χ0) is 18.3. The molecule has 4 rings (SSSR count). The third kappa shape index (κ3) is 2.94. The molecule has 0 bridgehead atoms. The van der Waals surface area contributed by atoms with Crippen molar-refractivity contribution in [3.05, 3.63) is 50.6 Å². The van der Waals surface area contributed by atoms with Gasteiger partial charge in [-0.15, -0.1) is 11.3 Å². The number of carboxylic acids is 1. The number of carbonyl (C=O) groups is 1. The Morgan fingerprint density at radius 1 is 1.27 bits per heavy atom. The van der Waals surface area contributed by atoms with Gasteiger partial charge in [-0.25, -0.2) is 4.98 Å². The zero-order valence-corrected chi connectivity index (χ0v) is 15.4. The van der Waals surface area contributed by atoms with Gasteiger partial charge in [0, 0.05) is 23.4 Å². The van der Waals surface area contributed by atoms with Gasteiger partial charge in [-0.2, -0.15) is 0 Å². The maximum absolute atomic E-state index is 13.3. The molecule has 26 heavy (non-hydrogen) atoms. The first-order valence-corrected chi connectivity index (χ1v) is 9.70. The van der Waals surface area contributed by atoms with Crippen LogP contribution in [0.2, 0.25) is 0 Å². The lowest BCUT2D eigenvalue weighted by Crippen LogP contribution is -2.24. The monoisotopic (exact) mass is 368 g/mol. The Labute approximate surface area is 154 Å². The first-order chi connectivity index (χ1) is 12.5. The van der Waals surface area contributed by atoms with Crippen molar-refractivity contribution >= 4 is 27.5 Å². The van der Waals surface area contributed by atoms with Crippen LogP contribution in [0.4, 0.5) is 0 Å². The average Bonchev–Trinajstić information content (AvgIpc) is 3.17. The third-order valence-electron chi connectivity index (χ3n) is 4.91. The molecular weight excluding hydrogens is 348 g/mol. The maximum atomic E-state index is 13.3. The second-order valence-corrected chi connectivity index (χ2v) is 7.88. The number of benzene rings is 1. The van der Waals surface area contributed by atoms with Gasteiger partial charge in [-0.1, -0.05) is 29.8 Å². The summed E-state index contributed by atoms with van der Waals surface area (Å²) in [5, 5.41) is 9.69. The van der Waals surface area contributed by atoms with Gasteiger partial charge >= 0.3 is 5.97 Å². The minimum atomic E-state index is -0.847. The van der Waals surface area contributed by atoms with E-state index in [1.54, 1.807) is 15.9 Å². The number of fused-ring (bicyclic) bond motifs is 3. The molecule has 1 aromatic carbocycles. The fourth-order valence-corrected chi connectivity index (χ4v) is 4.85. The highest BCUT2D eigenvalue weighted by molar-refractivity contribution is 7.18. The number of hydrogen-bond acceptors (Lipinski definition) is 4. The number of aromatic nitrogens is 2. The lowest BCUT2D eigenvalue weighted by molar-refractivity contribution is -0.137. The predicted octanol–water partition coefficient (Wildman–Crippen LogP) is 3.79. The molecule has 2 aromatic heterocycles. The fraction of sp³-hybridized carbons (Fsp3) is 0.350. The molecule has 0 spiro atoms. The molecule has 0 atom stereocenters. The number of nitrogens with zero attached hydrogens (tertiary/aromatic N) is 2. The van der Waals surface area contributed by atoms with E-state index >= 15 is 0 Å². The fourth-order valence-electron chi connectivity index (χ4n) is 3.60. The normalized spacial score (nSPS) is 13.3. The minimum Gasteiger partial charge on any atom is -0.481 e. The molecule has 0 amide bonds. The van der Waals surface area contributed by atoms with Crippen LogP contribution in [0.3, 0.4) is 0 Å². The molecule has 0 unspecified atom stereocenters. The summed E-state index contributed by atoms with van der Waals surface area (Å²) >= 11 is 1.63. The zero-order valence-electron chi connectivity index (χ0n) is 14.6. The largest absolute Gasteiger partial charge is 0.481 e. The summed E-state index contributed by atoms with van der Waals surface area (Å²) in [4.78, 5) is 31.1. The summed E-state index contributed by atoms with van der Waals surface area (Å²) in [6, 6.07) is 7.94. The molecule has 2 heterocycles. The van der Waals surface area contributed by atoms with Crippen molar-refractivity contribution in [3.8, 4) is 11.4 Å². The number of hydrogen-bond donors (Lipinski definition) is 1. The van der Waals surface area contributed by atoms with Gasteiger partial charge in [0.1, 0.15) is 10.7 Å². The van der Waals surface area contributed by atoms with Crippen molar-refractivity contribution in [1.82, 2.24) is 9.55 Å². The van der Waals surface area contributed by atoms with Gasteiger partial charge < -0.3 is 5.11 Å². The molecule has 0 fully saturated rings. The van der Waals surface area contributed by atoms with Crippen LogP contribution >= 0.6 is 11.3 Å². The van der Waals surface area contributed by atoms with Gasteiger partial charge in [0.2, 0.25) is 0 Å². The van der Waals surface area contributed by atoms with E-state index in [1.807, 2.05) is 31.2 Å². The summed E-state index contributed by atoms with van der Waals surface area (Å²) in [5.74, 6) is -0.215. The molecule has 0 aliphatic heterocycles. The smallest absolute Gasteiger partial charge is 0.303 e. The Bertz CT molecular complexity index is 1050. The first-order valence-electron chi connectivity index (χ1n) is 8.88. The van der Waals surface area contributed by atoms with Crippen LogP contribution in [-0.4, -0.2) is 20.6 Å². The van der Waals surface area contributed by atoms with E-state index in [2.05, 4.69) is 0 Å². The Hall–Kier alpha value is -2.47. The summed E-state index contributed by atoms with van der Waals surface area (Å²) in [5.41, 5.74) is 3.16. The van der Waals surface area contributed by atoms with Crippen molar-refractivity contribution in [2.45, 2.75) is 45.6 Å². The molecule has 1 N–H and O–H groups in total. The summed E-state index contributed by atoms with van der Waals surface area (Å²) < 4.78 is 1.67. The summed E-state index contributed by atoms with van der Waals surface area (Å²) in [7, 11) is 0. The molecule has 0 radical (unpaired) electrons. The molecule has 3 aromatic rings. The highest BCUT2D eigenvalue weighted by Crippen LogP contribution is 2.35. The number of rotatable bonds is 5. The van der Waals surface area contributed by atoms with Gasteiger partial charge in [-0.05, 0) is 38.2 Å². The van der Waals surface area contributed by atoms with E-state index < -0.39 is 5.97 Å². The van der Waals surface area contributed by atoms with Gasteiger partial charge in [0.05, 0.1) is 5.39 Å². The van der Waals surface area contributed by atoms with Crippen LogP contribution in [0.25, 0.3) is 21.6 Å². The number of aryl methyl sites for hydroxylation is 3. The maximum Gasteiger partial charge on any atom is 0.303 e. The van der Waals surface area contributed by atoms with Gasteiger partial charge in [-0.3, -0.25) is 14.2 Å². The van der Waals surface area contributed by atoms with E-state index in [4.69, 9.17) is 10.1 Å². The van der Waals surface area contributed by atoms with Gasteiger partial charge in [0.15, 0.2) is 0 Å². The molecular formula is C20H20N2O3S. The van der Waals surface area contributed by atoms with E-state index in [9.17, 15) is 9.59 Å². The lowest BCUT2D eigenvalue weighted by atomic mass is 10.1. The van der Waals surface area contributed by atoms with Crippen LogP contribution in [0, 0.1) is 6.92 Å². The Kier molecular flexibility index (Phi) is 4.36. The molecule has 6 heteroatoms. The standard InChI is InChI=1S/C20H20N2O3S/c1-12-7-9-13(10-8-12)18-21-19-17(14-4-2-5-15(14)26-19)20(25)22(18)11-3-6-16(23)24/h7-10H,2-6,11H2,1H3,(H,23,24). The Morgan fingerprint density at radius 2 is 2.04 bits per heavy atom. The Morgan fingerprint density at radius 3 is 2.77 bits per heavy atom. The third-order valence-corrected chi connectivity index (χ3v) is 6.09. The first kappa shape index (κ1) is 17.0. The minimum absolute atomic E-state index is 0.0321. The van der Waals surface area contributed by atoms with Crippen LogP contribution in [-0.2, 0) is 24.2 Å². The highest BCUT2D eigenvalue weighted by Gasteiger charge is 2.23. The number of thiophene rings is 1. The molecule has 0 saturated heterocycles. The Balaban J connectivity index is 1.89. The number of aliphatic carboxylic acids is 1. The molecule has 1 aliphatic carbocycles. The SMILES string of the molecule is Cc1ccc(-c2nc3sc4c(c3c(=O)n2CCCC(=O)O)CCC4)cc1. The highest BCUT2D eigenvalue weighted by atomic mass is 32.1. The lowest BCUT2D eigenvalue weighted by Gasteiger charge is -2.13. The average molecular weight is 368 g/mol. The van der Waals surface area contributed by atoms with Crippen LogP contribution in [0.5, 0.6) is 0 Å². The quantitative estimate of drug-likeness (QED) is 0.744. The van der Waals surface area contributed by atoms with Crippen molar-refractivity contribution in [3.63, 3.8) is 0 Å². The second-order valence-electron chi connectivity index (χ2n) is 6.79. The van der Waals surface area contributed by atoms with Crippen LogP contribution in [0.15, 0.2) is 29.1 Å². The predicted molar refractivity (Wildman–Crippen MR) is 103 cm³/mol. The van der Waals surface area contributed by atoms with Crippen LogP contribution < -0.4 is 5.56 Å². The van der Waals surface area contributed by atoms with E-state index in [0.29, 0.717) is 18.8 Å². The summed E-state index contributed by atoms with van der Waals surface area (Å²) in [6.07, 6.45) is 3.50. The van der Waals surface area contributed by atoms with Crippen LogP contribution in [0.1, 0.15) is 35.3 Å². The van der Waals surface area contributed by atoms with E-state index in [-0.39, 0.29) is 12.0 Å². The van der Waals surface area contributed by atoms with Crippen molar-refractivity contribution < 1.29 is 9.90 Å². The molecule has 5 nitrogen and oxygen atoms in total. The second kappa shape index (κ2) is 6.68. The van der Waals surface area contributed by atoms with E-state index in [1.165, 1.54) is 4.88 Å². The molecule has 1 aliphatic rings. The van der Waals surface area contributed by atoms with Crippen molar-refractivity contribution in [2.75, 3.05) is 0 Å². The summed E-state index contributed by atoms with van der Waals surface area (Å²) in [6.45, 7) is 2.38.